The summed E-state index contributed by atoms with van der Waals surface area (Å²) in [7, 11) is 0. The van der Waals surface area contributed by atoms with Crippen LogP contribution in [0.5, 0.6) is 0 Å². The maximum atomic E-state index is 12.6. The number of anilines is 1. The van der Waals surface area contributed by atoms with E-state index in [4.69, 9.17) is 11.6 Å². The lowest BCUT2D eigenvalue weighted by Gasteiger charge is -2.30. The van der Waals surface area contributed by atoms with Crippen LogP contribution in [0.1, 0.15) is 40.6 Å². The lowest BCUT2D eigenvalue weighted by molar-refractivity contribution is 0.0677. The van der Waals surface area contributed by atoms with Crippen molar-refractivity contribution in [2.24, 2.45) is 5.92 Å². The lowest BCUT2D eigenvalue weighted by atomic mass is 10.00. The highest BCUT2D eigenvalue weighted by molar-refractivity contribution is 6.30. The summed E-state index contributed by atoms with van der Waals surface area (Å²) in [4.78, 5) is 31.0. The molecule has 1 saturated heterocycles. The van der Waals surface area contributed by atoms with Crippen molar-refractivity contribution < 1.29 is 9.59 Å². The largest absolute Gasteiger partial charge is 0.337 e. The van der Waals surface area contributed by atoms with Crippen molar-refractivity contribution in [2.75, 3.05) is 18.4 Å². The van der Waals surface area contributed by atoms with Gasteiger partial charge in [-0.05, 0) is 55.2 Å². The number of halogens is 1. The van der Waals surface area contributed by atoms with E-state index in [1.807, 2.05) is 4.90 Å². The summed E-state index contributed by atoms with van der Waals surface area (Å²) in [5.74, 6) is 0.0903. The van der Waals surface area contributed by atoms with E-state index in [-0.39, 0.29) is 11.8 Å². The highest BCUT2D eigenvalue weighted by Crippen LogP contribution is 2.18. The summed E-state index contributed by atoms with van der Waals surface area (Å²) in [6, 6.07) is 10.0. The molecule has 1 atom stereocenters. The van der Waals surface area contributed by atoms with Crippen LogP contribution in [0.4, 0.5) is 5.69 Å². The molecule has 0 aliphatic carbocycles. The Balaban J connectivity index is 1.73. The molecule has 2 aromatic rings. The molecule has 1 N–H and O–H groups in total. The van der Waals surface area contributed by atoms with Crippen LogP contribution in [0.2, 0.25) is 5.02 Å². The first-order chi connectivity index (χ1) is 12.0. The standard InChI is InChI=1S/C19H20ClN3O2/c1-13-3-2-10-23(12-13)19(25)17-11-14(8-9-21-17)18(24)22-16-6-4-15(20)5-7-16/h4-9,11,13H,2-3,10,12H2,1H3,(H,22,24). The minimum atomic E-state index is -0.286. The van der Waals surface area contributed by atoms with Crippen molar-refractivity contribution >= 4 is 29.1 Å². The summed E-state index contributed by atoms with van der Waals surface area (Å²) in [6.07, 6.45) is 3.64. The molecule has 1 aromatic carbocycles. The zero-order valence-electron chi connectivity index (χ0n) is 14.0. The van der Waals surface area contributed by atoms with Crippen LogP contribution >= 0.6 is 11.6 Å². The Morgan fingerprint density at radius 3 is 2.72 bits per heavy atom. The molecule has 5 nitrogen and oxygen atoms in total. The van der Waals surface area contributed by atoms with Crippen molar-refractivity contribution in [3.8, 4) is 0 Å². The van der Waals surface area contributed by atoms with Crippen LogP contribution < -0.4 is 5.32 Å². The molecule has 130 valence electrons. The number of pyridine rings is 1. The quantitative estimate of drug-likeness (QED) is 0.907. The molecule has 1 unspecified atom stereocenters. The Kier molecular flexibility index (Phi) is 5.34. The first-order valence-electron chi connectivity index (χ1n) is 8.35. The SMILES string of the molecule is CC1CCCN(C(=O)c2cc(C(=O)Nc3ccc(Cl)cc3)ccn2)C1. The van der Waals surface area contributed by atoms with Gasteiger partial charge in [0.05, 0.1) is 0 Å². The molecule has 0 bridgehead atoms. The van der Waals surface area contributed by atoms with Crippen LogP contribution in [-0.4, -0.2) is 34.8 Å². The molecule has 25 heavy (non-hydrogen) atoms. The van der Waals surface area contributed by atoms with Crippen molar-refractivity contribution in [3.05, 3.63) is 58.9 Å². The van der Waals surface area contributed by atoms with E-state index in [1.54, 1.807) is 36.4 Å². The normalized spacial score (nSPS) is 17.2. The van der Waals surface area contributed by atoms with Gasteiger partial charge in [0.15, 0.2) is 0 Å². The van der Waals surface area contributed by atoms with Crippen LogP contribution in [0.3, 0.4) is 0 Å². The second-order valence-corrected chi connectivity index (χ2v) is 6.83. The van der Waals surface area contributed by atoms with Crippen molar-refractivity contribution in [1.29, 1.82) is 0 Å². The fourth-order valence-corrected chi connectivity index (χ4v) is 3.09. The van der Waals surface area contributed by atoms with E-state index < -0.39 is 0 Å². The van der Waals surface area contributed by atoms with E-state index in [9.17, 15) is 9.59 Å². The molecule has 2 amide bonds. The zero-order valence-corrected chi connectivity index (χ0v) is 14.8. The van der Waals surface area contributed by atoms with E-state index in [0.717, 1.165) is 25.9 Å². The van der Waals surface area contributed by atoms with E-state index >= 15 is 0 Å². The summed E-state index contributed by atoms with van der Waals surface area (Å²) in [6.45, 7) is 3.62. The Hall–Kier alpha value is -2.40. The van der Waals surface area contributed by atoms with Gasteiger partial charge in [0.2, 0.25) is 0 Å². The lowest BCUT2D eigenvalue weighted by Crippen LogP contribution is -2.39. The fraction of sp³-hybridized carbons (Fsp3) is 0.316. The van der Waals surface area contributed by atoms with Gasteiger partial charge in [-0.25, -0.2) is 0 Å². The van der Waals surface area contributed by atoms with Gasteiger partial charge in [0.25, 0.3) is 11.8 Å². The summed E-state index contributed by atoms with van der Waals surface area (Å²) in [5, 5.41) is 3.39. The van der Waals surface area contributed by atoms with E-state index in [1.165, 1.54) is 6.20 Å². The highest BCUT2D eigenvalue weighted by atomic mass is 35.5. The smallest absolute Gasteiger partial charge is 0.272 e. The fourth-order valence-electron chi connectivity index (χ4n) is 2.96. The maximum Gasteiger partial charge on any atom is 0.272 e. The second kappa shape index (κ2) is 7.66. The summed E-state index contributed by atoms with van der Waals surface area (Å²) in [5.41, 5.74) is 1.35. The Morgan fingerprint density at radius 2 is 2.00 bits per heavy atom. The molecule has 0 radical (unpaired) electrons. The van der Waals surface area contributed by atoms with E-state index in [2.05, 4.69) is 17.2 Å². The second-order valence-electron chi connectivity index (χ2n) is 6.39. The van der Waals surface area contributed by atoms with Gasteiger partial charge >= 0.3 is 0 Å². The topological polar surface area (TPSA) is 62.3 Å². The number of aromatic nitrogens is 1. The third kappa shape index (κ3) is 4.37. The number of nitrogens with one attached hydrogen (secondary N) is 1. The molecular formula is C19H20ClN3O2. The molecule has 1 fully saturated rings. The number of amides is 2. The van der Waals surface area contributed by atoms with Gasteiger partial charge in [0.1, 0.15) is 5.69 Å². The van der Waals surface area contributed by atoms with Crippen LogP contribution in [-0.2, 0) is 0 Å². The number of carbonyl (C=O) groups is 2. The molecule has 3 rings (SSSR count). The Bertz CT molecular complexity index is 776. The van der Waals surface area contributed by atoms with Crippen molar-refractivity contribution in [2.45, 2.75) is 19.8 Å². The molecule has 0 spiro atoms. The Morgan fingerprint density at radius 1 is 1.24 bits per heavy atom. The molecule has 0 saturated carbocycles. The number of hydrogen-bond donors (Lipinski definition) is 1. The summed E-state index contributed by atoms with van der Waals surface area (Å²) >= 11 is 5.84. The minimum Gasteiger partial charge on any atom is -0.337 e. The highest BCUT2D eigenvalue weighted by Gasteiger charge is 2.23. The van der Waals surface area contributed by atoms with Crippen LogP contribution in [0.15, 0.2) is 42.6 Å². The van der Waals surface area contributed by atoms with Crippen molar-refractivity contribution in [1.82, 2.24) is 9.88 Å². The van der Waals surface area contributed by atoms with Gasteiger partial charge in [-0.15, -0.1) is 0 Å². The first-order valence-corrected chi connectivity index (χ1v) is 8.73. The number of hydrogen-bond acceptors (Lipinski definition) is 3. The van der Waals surface area contributed by atoms with Gasteiger partial charge in [-0.3, -0.25) is 14.6 Å². The van der Waals surface area contributed by atoms with Gasteiger partial charge in [0, 0.05) is 35.6 Å². The molecular weight excluding hydrogens is 338 g/mol. The zero-order chi connectivity index (χ0) is 17.8. The average molecular weight is 358 g/mol. The molecule has 1 aliphatic rings. The minimum absolute atomic E-state index is 0.118. The third-order valence-electron chi connectivity index (χ3n) is 4.29. The molecule has 6 heteroatoms. The number of nitrogens with zero attached hydrogens (tertiary/aromatic N) is 2. The van der Waals surface area contributed by atoms with Gasteiger partial charge in [-0.1, -0.05) is 18.5 Å². The average Bonchev–Trinajstić information content (AvgIpc) is 2.63. The first kappa shape index (κ1) is 17.4. The number of benzene rings is 1. The van der Waals surface area contributed by atoms with E-state index in [0.29, 0.717) is 27.9 Å². The molecule has 1 aliphatic heterocycles. The summed E-state index contributed by atoms with van der Waals surface area (Å²) < 4.78 is 0. The monoisotopic (exact) mass is 357 g/mol. The molecule has 2 heterocycles. The molecule has 1 aromatic heterocycles. The van der Waals surface area contributed by atoms with Crippen molar-refractivity contribution in [3.63, 3.8) is 0 Å². The number of carbonyl (C=O) groups excluding carboxylic acids is 2. The van der Waals surface area contributed by atoms with Gasteiger partial charge < -0.3 is 10.2 Å². The van der Waals surface area contributed by atoms with Gasteiger partial charge in [-0.2, -0.15) is 0 Å². The third-order valence-corrected chi connectivity index (χ3v) is 4.54. The predicted octanol–water partition coefficient (Wildman–Crippen LogP) is 3.86. The Labute approximate surface area is 152 Å². The van der Waals surface area contributed by atoms with Crippen LogP contribution in [0, 0.1) is 5.92 Å². The number of rotatable bonds is 3. The van der Waals surface area contributed by atoms with Crippen LogP contribution in [0.25, 0.3) is 0 Å². The number of piperidine rings is 1. The number of likely N-dealkylation sites (tertiary alicyclic amines) is 1. The predicted molar refractivity (Wildman–Crippen MR) is 97.9 cm³/mol. The maximum absolute atomic E-state index is 12.6.